The summed E-state index contributed by atoms with van der Waals surface area (Å²) >= 11 is 0. The largest absolute Gasteiger partial charge is 0.388 e. The molecule has 2 rings (SSSR count). The quantitative estimate of drug-likeness (QED) is 0.797. The van der Waals surface area contributed by atoms with Crippen LogP contribution in [0.2, 0.25) is 0 Å². The summed E-state index contributed by atoms with van der Waals surface area (Å²) in [4.78, 5) is 6.51. The van der Waals surface area contributed by atoms with Crippen LogP contribution in [0.1, 0.15) is 18.2 Å². The monoisotopic (exact) mass is 279 g/mol. The Labute approximate surface area is 121 Å². The Balaban J connectivity index is 1.75. The van der Waals surface area contributed by atoms with Crippen molar-refractivity contribution in [1.29, 1.82) is 0 Å². The molecule has 1 saturated heterocycles. The lowest BCUT2D eigenvalue weighted by Gasteiger charge is -2.34. The molecule has 112 valence electrons. The van der Waals surface area contributed by atoms with Gasteiger partial charge in [0, 0.05) is 44.6 Å². The Kier molecular flexibility index (Phi) is 5.48. The van der Waals surface area contributed by atoms with E-state index in [-0.39, 0.29) is 0 Å². The van der Waals surface area contributed by atoms with Gasteiger partial charge in [0.2, 0.25) is 0 Å². The molecule has 5 nitrogen and oxygen atoms in total. The number of morpholine rings is 1. The predicted octanol–water partition coefficient (Wildman–Crippen LogP) is 0.563. The summed E-state index contributed by atoms with van der Waals surface area (Å²) in [5, 5.41) is 13.8. The number of hydrogen-bond acceptors (Lipinski definition) is 5. The van der Waals surface area contributed by atoms with Gasteiger partial charge < -0.3 is 15.2 Å². The number of ether oxygens (including phenoxy) is 1. The molecule has 1 atom stereocenters. The Morgan fingerprint density at radius 2 is 2.20 bits per heavy atom. The number of hydrogen-bond donors (Lipinski definition) is 2. The standard InChI is InChI=1S/C15H25N3O2/c1-13-14(4-3-5-17-13)10-16-11-15(2,19)12-18-6-8-20-9-7-18/h3-5,16,19H,6-12H2,1-2H3. The van der Waals surface area contributed by atoms with E-state index in [1.807, 2.05) is 19.9 Å². The molecule has 1 aliphatic rings. The van der Waals surface area contributed by atoms with E-state index in [1.165, 1.54) is 5.56 Å². The van der Waals surface area contributed by atoms with Crippen LogP contribution in [0.5, 0.6) is 0 Å². The zero-order valence-corrected chi connectivity index (χ0v) is 12.4. The van der Waals surface area contributed by atoms with E-state index in [0.717, 1.165) is 38.5 Å². The van der Waals surface area contributed by atoms with Gasteiger partial charge in [-0.15, -0.1) is 0 Å². The number of nitrogens with zero attached hydrogens (tertiary/aromatic N) is 2. The Bertz CT molecular complexity index is 417. The molecule has 20 heavy (non-hydrogen) atoms. The molecule has 1 aromatic rings. The third-order valence-electron chi connectivity index (χ3n) is 3.61. The first-order valence-electron chi connectivity index (χ1n) is 7.20. The lowest BCUT2D eigenvalue weighted by Crippen LogP contribution is -2.50. The van der Waals surface area contributed by atoms with E-state index in [2.05, 4.69) is 21.3 Å². The highest BCUT2D eigenvalue weighted by Crippen LogP contribution is 2.09. The number of pyridine rings is 1. The van der Waals surface area contributed by atoms with E-state index in [9.17, 15) is 5.11 Å². The normalized spacial score (nSPS) is 19.8. The number of nitrogens with one attached hydrogen (secondary N) is 1. The van der Waals surface area contributed by atoms with Crippen LogP contribution in [-0.4, -0.2) is 60.0 Å². The number of aryl methyl sites for hydroxylation is 1. The molecule has 0 saturated carbocycles. The van der Waals surface area contributed by atoms with Crippen LogP contribution in [-0.2, 0) is 11.3 Å². The first kappa shape index (κ1) is 15.4. The van der Waals surface area contributed by atoms with Crippen molar-refractivity contribution in [2.75, 3.05) is 39.4 Å². The van der Waals surface area contributed by atoms with E-state index in [1.54, 1.807) is 6.20 Å². The van der Waals surface area contributed by atoms with Crippen LogP contribution in [0.4, 0.5) is 0 Å². The summed E-state index contributed by atoms with van der Waals surface area (Å²) in [6, 6.07) is 4.00. The van der Waals surface area contributed by atoms with E-state index in [0.29, 0.717) is 13.1 Å². The van der Waals surface area contributed by atoms with Gasteiger partial charge in [0.05, 0.1) is 18.8 Å². The summed E-state index contributed by atoms with van der Waals surface area (Å²) in [5.74, 6) is 0. The molecule has 0 radical (unpaired) electrons. The molecule has 1 unspecified atom stereocenters. The second-order valence-electron chi connectivity index (χ2n) is 5.74. The minimum atomic E-state index is -0.729. The zero-order chi connectivity index (χ0) is 14.4. The fraction of sp³-hybridized carbons (Fsp3) is 0.667. The highest BCUT2D eigenvalue weighted by molar-refractivity contribution is 5.17. The van der Waals surface area contributed by atoms with Gasteiger partial charge in [0.15, 0.2) is 0 Å². The topological polar surface area (TPSA) is 57.6 Å². The van der Waals surface area contributed by atoms with Gasteiger partial charge in [-0.25, -0.2) is 0 Å². The third kappa shape index (κ3) is 4.83. The second-order valence-corrected chi connectivity index (χ2v) is 5.74. The van der Waals surface area contributed by atoms with Gasteiger partial charge in [0.25, 0.3) is 0 Å². The maximum absolute atomic E-state index is 10.5. The van der Waals surface area contributed by atoms with Crippen LogP contribution in [0.25, 0.3) is 0 Å². The molecule has 0 amide bonds. The smallest absolute Gasteiger partial charge is 0.0869 e. The Morgan fingerprint density at radius 1 is 1.45 bits per heavy atom. The average Bonchev–Trinajstić information content (AvgIpc) is 2.41. The summed E-state index contributed by atoms with van der Waals surface area (Å²) < 4.78 is 5.32. The van der Waals surface area contributed by atoms with Crippen molar-refractivity contribution in [2.45, 2.75) is 26.0 Å². The highest BCUT2D eigenvalue weighted by Gasteiger charge is 2.24. The fourth-order valence-electron chi connectivity index (χ4n) is 2.47. The Morgan fingerprint density at radius 3 is 2.90 bits per heavy atom. The van der Waals surface area contributed by atoms with Crippen LogP contribution >= 0.6 is 0 Å². The minimum absolute atomic E-state index is 0.568. The molecule has 0 bridgehead atoms. The molecule has 2 N–H and O–H groups in total. The lowest BCUT2D eigenvalue weighted by molar-refractivity contribution is -0.0219. The SMILES string of the molecule is Cc1ncccc1CNCC(C)(O)CN1CCOCC1. The molecule has 0 aromatic carbocycles. The number of aromatic nitrogens is 1. The van der Waals surface area contributed by atoms with E-state index in [4.69, 9.17) is 4.74 Å². The molecule has 1 fully saturated rings. The van der Waals surface area contributed by atoms with Crippen molar-refractivity contribution in [2.24, 2.45) is 0 Å². The summed E-state index contributed by atoms with van der Waals surface area (Å²) in [6.45, 7) is 9.19. The van der Waals surface area contributed by atoms with Gasteiger partial charge in [-0.2, -0.15) is 0 Å². The average molecular weight is 279 g/mol. The molecule has 1 aliphatic heterocycles. The zero-order valence-electron chi connectivity index (χ0n) is 12.4. The maximum Gasteiger partial charge on any atom is 0.0869 e. The van der Waals surface area contributed by atoms with Crippen molar-refractivity contribution in [3.63, 3.8) is 0 Å². The number of β-amino-alcohol motifs (C(OH)–C–C–N with tert-alkyl or cyclic N) is 1. The maximum atomic E-state index is 10.5. The molecular formula is C15H25N3O2. The van der Waals surface area contributed by atoms with Crippen molar-refractivity contribution in [1.82, 2.24) is 15.2 Å². The summed E-state index contributed by atoms with van der Waals surface area (Å²) in [5.41, 5.74) is 1.48. The third-order valence-corrected chi connectivity index (χ3v) is 3.61. The van der Waals surface area contributed by atoms with Crippen molar-refractivity contribution < 1.29 is 9.84 Å². The van der Waals surface area contributed by atoms with E-state index < -0.39 is 5.60 Å². The minimum Gasteiger partial charge on any atom is -0.388 e. The van der Waals surface area contributed by atoms with Crippen molar-refractivity contribution >= 4 is 0 Å². The molecular weight excluding hydrogens is 254 g/mol. The van der Waals surface area contributed by atoms with Crippen LogP contribution in [0.3, 0.4) is 0 Å². The van der Waals surface area contributed by atoms with Crippen molar-refractivity contribution in [3.05, 3.63) is 29.6 Å². The van der Waals surface area contributed by atoms with Crippen LogP contribution in [0, 0.1) is 6.92 Å². The van der Waals surface area contributed by atoms with Crippen LogP contribution < -0.4 is 5.32 Å². The molecule has 0 aliphatic carbocycles. The highest BCUT2D eigenvalue weighted by atomic mass is 16.5. The summed E-state index contributed by atoms with van der Waals surface area (Å²) in [6.07, 6.45) is 1.80. The van der Waals surface area contributed by atoms with Gasteiger partial charge in [-0.05, 0) is 25.5 Å². The fourth-order valence-corrected chi connectivity index (χ4v) is 2.47. The lowest BCUT2D eigenvalue weighted by atomic mass is 10.1. The van der Waals surface area contributed by atoms with Crippen LogP contribution in [0.15, 0.2) is 18.3 Å². The Hall–Kier alpha value is -1.01. The number of rotatable bonds is 6. The molecule has 5 heteroatoms. The van der Waals surface area contributed by atoms with Gasteiger partial charge in [0.1, 0.15) is 0 Å². The predicted molar refractivity (Wildman–Crippen MR) is 78.6 cm³/mol. The first-order valence-corrected chi connectivity index (χ1v) is 7.20. The summed E-state index contributed by atoms with van der Waals surface area (Å²) in [7, 11) is 0. The van der Waals surface area contributed by atoms with E-state index >= 15 is 0 Å². The molecule has 1 aromatic heterocycles. The van der Waals surface area contributed by atoms with Gasteiger partial charge >= 0.3 is 0 Å². The molecule has 2 heterocycles. The first-order chi connectivity index (χ1) is 9.57. The molecule has 0 spiro atoms. The number of aliphatic hydroxyl groups is 1. The second kappa shape index (κ2) is 7.13. The van der Waals surface area contributed by atoms with Crippen molar-refractivity contribution in [3.8, 4) is 0 Å². The van der Waals surface area contributed by atoms with Gasteiger partial charge in [-0.3, -0.25) is 9.88 Å². The van der Waals surface area contributed by atoms with Gasteiger partial charge in [-0.1, -0.05) is 6.07 Å².